The van der Waals surface area contributed by atoms with Gasteiger partial charge in [0.15, 0.2) is 5.15 Å². The van der Waals surface area contributed by atoms with Gasteiger partial charge in [-0.1, -0.05) is 43.5 Å². The quantitative estimate of drug-likeness (QED) is 0.767. The van der Waals surface area contributed by atoms with Crippen LogP contribution in [0.4, 0.5) is 5.69 Å². The van der Waals surface area contributed by atoms with Crippen LogP contribution in [0.15, 0.2) is 45.5 Å². The number of carbonyl (C=O) groups excluding carboxylic acids is 1. The van der Waals surface area contributed by atoms with Crippen molar-refractivity contribution in [2.45, 2.75) is 0 Å². The molecule has 0 saturated heterocycles. The van der Waals surface area contributed by atoms with E-state index in [0.717, 1.165) is 8.95 Å². The largest absolute Gasteiger partial charge is 0.319 e. The first-order chi connectivity index (χ1) is 8.56. The van der Waals surface area contributed by atoms with Crippen molar-refractivity contribution in [1.82, 2.24) is 4.98 Å². The average Bonchev–Trinajstić information content (AvgIpc) is 2.31. The van der Waals surface area contributed by atoms with E-state index in [9.17, 15) is 4.79 Å². The lowest BCUT2D eigenvalue weighted by atomic mass is 10.2. The summed E-state index contributed by atoms with van der Waals surface area (Å²) in [5.74, 6) is -0.244. The maximum absolute atomic E-state index is 12.0. The van der Waals surface area contributed by atoms with Gasteiger partial charge in [-0.15, -0.1) is 0 Å². The van der Waals surface area contributed by atoms with Crippen molar-refractivity contribution in [3.05, 3.63) is 56.2 Å². The van der Waals surface area contributed by atoms with Crippen LogP contribution in [0.25, 0.3) is 0 Å². The number of halogens is 3. The van der Waals surface area contributed by atoms with Crippen molar-refractivity contribution in [2.24, 2.45) is 0 Å². The molecular formula is C12H7Br2ClN2O. The fourth-order valence-electron chi connectivity index (χ4n) is 1.36. The van der Waals surface area contributed by atoms with E-state index in [1.165, 1.54) is 0 Å². The van der Waals surface area contributed by atoms with E-state index < -0.39 is 0 Å². The third kappa shape index (κ3) is 3.31. The Morgan fingerprint density at radius 2 is 1.89 bits per heavy atom. The highest BCUT2D eigenvalue weighted by Crippen LogP contribution is 2.22. The minimum Gasteiger partial charge on any atom is -0.319 e. The predicted octanol–water partition coefficient (Wildman–Crippen LogP) is 4.51. The summed E-state index contributed by atoms with van der Waals surface area (Å²) in [4.78, 5) is 15.9. The molecule has 0 spiro atoms. The Labute approximate surface area is 126 Å². The summed E-state index contributed by atoms with van der Waals surface area (Å²) in [5, 5.41) is 2.97. The van der Waals surface area contributed by atoms with Crippen molar-refractivity contribution in [1.29, 1.82) is 0 Å². The second-order valence-corrected chi connectivity index (χ2v) is 5.64. The van der Waals surface area contributed by atoms with Crippen LogP contribution in [-0.4, -0.2) is 10.9 Å². The summed E-state index contributed by atoms with van der Waals surface area (Å²) in [6.07, 6.45) is 1.56. The Kier molecular flexibility index (Phi) is 4.37. The second-order valence-electron chi connectivity index (χ2n) is 3.45. The Balaban J connectivity index is 2.25. The first-order valence-electron chi connectivity index (χ1n) is 4.94. The van der Waals surface area contributed by atoms with Crippen LogP contribution in [-0.2, 0) is 0 Å². The highest BCUT2D eigenvalue weighted by molar-refractivity contribution is 9.11. The van der Waals surface area contributed by atoms with Gasteiger partial charge in [-0.3, -0.25) is 4.79 Å². The van der Waals surface area contributed by atoms with Gasteiger partial charge in [0.05, 0.1) is 5.69 Å². The summed E-state index contributed by atoms with van der Waals surface area (Å²) >= 11 is 12.5. The highest BCUT2D eigenvalue weighted by Gasteiger charge is 2.10. The predicted molar refractivity (Wildman–Crippen MR) is 79.0 cm³/mol. The smallest absolute Gasteiger partial charge is 0.255 e. The molecule has 1 heterocycles. The van der Waals surface area contributed by atoms with E-state index in [1.54, 1.807) is 30.5 Å². The highest BCUT2D eigenvalue weighted by atomic mass is 79.9. The number of amides is 1. The zero-order valence-electron chi connectivity index (χ0n) is 8.95. The number of pyridine rings is 1. The summed E-state index contributed by atoms with van der Waals surface area (Å²) in [5.41, 5.74) is 1.01. The molecule has 0 radical (unpaired) electrons. The van der Waals surface area contributed by atoms with Gasteiger partial charge in [0, 0.05) is 20.7 Å². The summed E-state index contributed by atoms with van der Waals surface area (Å²) < 4.78 is 1.64. The van der Waals surface area contributed by atoms with E-state index in [-0.39, 0.29) is 11.1 Å². The van der Waals surface area contributed by atoms with Crippen LogP contribution >= 0.6 is 43.5 Å². The number of rotatable bonds is 2. The fraction of sp³-hybridized carbons (Fsp3) is 0. The molecule has 1 aromatic heterocycles. The topological polar surface area (TPSA) is 42.0 Å². The lowest BCUT2D eigenvalue weighted by Crippen LogP contribution is -2.12. The fourth-order valence-corrected chi connectivity index (χ4v) is 2.82. The number of hydrogen-bond donors (Lipinski definition) is 1. The molecular weight excluding hydrogens is 383 g/mol. The normalized spacial score (nSPS) is 10.2. The first-order valence-corrected chi connectivity index (χ1v) is 6.90. The maximum atomic E-state index is 12.0. The summed E-state index contributed by atoms with van der Waals surface area (Å²) in [6, 6.07) is 8.71. The van der Waals surface area contributed by atoms with Gasteiger partial charge in [0.25, 0.3) is 5.91 Å². The number of hydrogen-bond acceptors (Lipinski definition) is 2. The maximum Gasteiger partial charge on any atom is 0.255 e. The molecule has 0 bridgehead atoms. The first kappa shape index (κ1) is 13.5. The standard InChI is InChI=1S/C12H7Br2ClN2O/c13-8-4-7(5-9(14)6-8)12(18)17-10-2-1-3-16-11(10)15/h1-6H,(H,17,18). The van der Waals surface area contributed by atoms with Gasteiger partial charge in [-0.25, -0.2) is 4.98 Å². The molecule has 1 aromatic carbocycles. The van der Waals surface area contributed by atoms with Crippen molar-refractivity contribution in [2.75, 3.05) is 5.32 Å². The molecule has 0 atom stereocenters. The Morgan fingerprint density at radius 3 is 2.50 bits per heavy atom. The minimum atomic E-state index is -0.244. The molecule has 0 aliphatic rings. The summed E-state index contributed by atoms with van der Waals surface area (Å²) in [7, 11) is 0. The van der Waals surface area contributed by atoms with E-state index in [0.29, 0.717) is 11.3 Å². The van der Waals surface area contributed by atoms with Crippen LogP contribution in [0.1, 0.15) is 10.4 Å². The lowest BCUT2D eigenvalue weighted by molar-refractivity contribution is 0.102. The molecule has 0 unspecified atom stereocenters. The SMILES string of the molecule is O=C(Nc1cccnc1Cl)c1cc(Br)cc(Br)c1. The monoisotopic (exact) mass is 388 g/mol. The molecule has 6 heteroatoms. The number of benzene rings is 1. The van der Waals surface area contributed by atoms with Crippen LogP contribution in [0.5, 0.6) is 0 Å². The zero-order valence-corrected chi connectivity index (χ0v) is 12.9. The summed E-state index contributed by atoms with van der Waals surface area (Å²) in [6.45, 7) is 0. The third-order valence-corrected chi connectivity index (χ3v) is 3.35. The van der Waals surface area contributed by atoms with Crippen LogP contribution in [0.3, 0.4) is 0 Å². The molecule has 2 aromatic rings. The third-order valence-electron chi connectivity index (χ3n) is 2.13. The van der Waals surface area contributed by atoms with Crippen molar-refractivity contribution < 1.29 is 4.79 Å². The average molecular weight is 390 g/mol. The van der Waals surface area contributed by atoms with Gasteiger partial charge in [-0.2, -0.15) is 0 Å². The number of carbonyl (C=O) groups is 1. The molecule has 1 N–H and O–H groups in total. The molecule has 92 valence electrons. The van der Waals surface area contributed by atoms with Crippen LogP contribution in [0, 0.1) is 0 Å². The van der Waals surface area contributed by atoms with Gasteiger partial charge in [0.1, 0.15) is 0 Å². The lowest BCUT2D eigenvalue weighted by Gasteiger charge is -2.07. The van der Waals surface area contributed by atoms with Gasteiger partial charge in [0.2, 0.25) is 0 Å². The van der Waals surface area contributed by atoms with E-state index in [1.807, 2.05) is 6.07 Å². The Bertz CT molecular complexity index is 584. The van der Waals surface area contributed by atoms with Crippen LogP contribution < -0.4 is 5.32 Å². The molecule has 2 rings (SSSR count). The van der Waals surface area contributed by atoms with Crippen LogP contribution in [0.2, 0.25) is 5.15 Å². The van der Waals surface area contributed by atoms with Gasteiger partial charge >= 0.3 is 0 Å². The van der Waals surface area contributed by atoms with Crippen molar-refractivity contribution in [3.63, 3.8) is 0 Å². The van der Waals surface area contributed by atoms with Crippen molar-refractivity contribution >= 4 is 55.1 Å². The number of anilines is 1. The molecule has 3 nitrogen and oxygen atoms in total. The van der Waals surface area contributed by atoms with E-state index >= 15 is 0 Å². The van der Waals surface area contributed by atoms with E-state index in [2.05, 4.69) is 42.2 Å². The molecule has 0 aliphatic heterocycles. The van der Waals surface area contributed by atoms with E-state index in [4.69, 9.17) is 11.6 Å². The molecule has 18 heavy (non-hydrogen) atoms. The van der Waals surface area contributed by atoms with Gasteiger partial charge < -0.3 is 5.32 Å². The molecule has 1 amide bonds. The second kappa shape index (κ2) is 5.82. The van der Waals surface area contributed by atoms with Crippen molar-refractivity contribution in [3.8, 4) is 0 Å². The van der Waals surface area contributed by atoms with Gasteiger partial charge in [-0.05, 0) is 30.3 Å². The number of aromatic nitrogens is 1. The molecule has 0 aliphatic carbocycles. The molecule has 0 fully saturated rings. The number of nitrogens with one attached hydrogen (secondary N) is 1. The number of nitrogens with zero attached hydrogens (tertiary/aromatic N) is 1. The molecule has 0 saturated carbocycles. The Hall–Kier alpha value is -0.910. The Morgan fingerprint density at radius 1 is 1.22 bits per heavy atom. The minimum absolute atomic E-state index is 0.244. The zero-order chi connectivity index (χ0) is 13.1.